The van der Waals surface area contributed by atoms with Crippen LogP contribution in [0.25, 0.3) is 0 Å². The van der Waals surface area contributed by atoms with Gasteiger partial charge in [-0.05, 0) is 32.3 Å². The summed E-state index contributed by atoms with van der Waals surface area (Å²) in [5.41, 5.74) is 7.20. The molecule has 0 bridgehead atoms. The van der Waals surface area contributed by atoms with Crippen molar-refractivity contribution in [1.82, 2.24) is 14.9 Å². The Balaban J connectivity index is 2.04. The number of rotatable bonds is 2. The Hall–Kier alpha value is -1.00. The standard InChI is InChI=1S/C13H22N4/c1-9-10(2)17(7-5-13(9)14)8-12-4-6-15-11(3)16-12/h4,6,9-10,13H,5,7-8,14H2,1-3H3. The van der Waals surface area contributed by atoms with Gasteiger partial charge in [0.05, 0.1) is 5.69 Å². The number of nitrogens with two attached hydrogens (primary N) is 1. The molecular formula is C13H22N4. The summed E-state index contributed by atoms with van der Waals surface area (Å²) in [7, 11) is 0. The molecule has 2 heterocycles. The Kier molecular flexibility index (Phi) is 3.74. The molecule has 0 spiro atoms. The highest BCUT2D eigenvalue weighted by atomic mass is 15.2. The minimum absolute atomic E-state index is 0.341. The van der Waals surface area contributed by atoms with E-state index in [9.17, 15) is 0 Å². The Morgan fingerprint density at radius 2 is 2.24 bits per heavy atom. The summed E-state index contributed by atoms with van der Waals surface area (Å²) < 4.78 is 0. The molecule has 0 aromatic carbocycles. The molecule has 3 atom stereocenters. The highest BCUT2D eigenvalue weighted by molar-refractivity contribution is 5.02. The third-order valence-electron chi connectivity index (χ3n) is 3.96. The van der Waals surface area contributed by atoms with Crippen molar-refractivity contribution in [2.24, 2.45) is 11.7 Å². The average Bonchev–Trinajstić information content (AvgIpc) is 2.30. The van der Waals surface area contributed by atoms with Gasteiger partial charge in [-0.3, -0.25) is 4.90 Å². The molecule has 2 N–H and O–H groups in total. The average molecular weight is 234 g/mol. The van der Waals surface area contributed by atoms with Gasteiger partial charge in [-0.1, -0.05) is 6.92 Å². The van der Waals surface area contributed by atoms with Crippen LogP contribution in [0.4, 0.5) is 0 Å². The second-order valence-electron chi connectivity index (χ2n) is 5.12. The van der Waals surface area contributed by atoms with Gasteiger partial charge in [0.1, 0.15) is 5.82 Å². The van der Waals surface area contributed by atoms with Crippen LogP contribution in [0.1, 0.15) is 31.8 Å². The van der Waals surface area contributed by atoms with Gasteiger partial charge >= 0.3 is 0 Å². The molecule has 2 rings (SSSR count). The van der Waals surface area contributed by atoms with Crippen LogP contribution in [-0.2, 0) is 6.54 Å². The van der Waals surface area contributed by atoms with Crippen LogP contribution < -0.4 is 5.73 Å². The fourth-order valence-corrected chi connectivity index (χ4v) is 2.50. The van der Waals surface area contributed by atoms with Crippen LogP contribution in [-0.4, -0.2) is 33.5 Å². The molecular weight excluding hydrogens is 212 g/mol. The molecule has 0 saturated carbocycles. The molecule has 0 amide bonds. The van der Waals surface area contributed by atoms with Crippen molar-refractivity contribution in [1.29, 1.82) is 0 Å². The number of hydrogen-bond acceptors (Lipinski definition) is 4. The van der Waals surface area contributed by atoms with Gasteiger partial charge in [0.2, 0.25) is 0 Å². The fourth-order valence-electron chi connectivity index (χ4n) is 2.50. The monoisotopic (exact) mass is 234 g/mol. The molecule has 94 valence electrons. The van der Waals surface area contributed by atoms with Gasteiger partial charge in [0.25, 0.3) is 0 Å². The summed E-state index contributed by atoms with van der Waals surface area (Å²) in [4.78, 5) is 11.1. The summed E-state index contributed by atoms with van der Waals surface area (Å²) in [6.07, 6.45) is 2.91. The van der Waals surface area contributed by atoms with Gasteiger partial charge in [0.15, 0.2) is 0 Å². The van der Waals surface area contributed by atoms with Crippen LogP contribution in [0.2, 0.25) is 0 Å². The Labute approximate surface area is 103 Å². The minimum atomic E-state index is 0.341. The first-order chi connectivity index (χ1) is 8.08. The van der Waals surface area contributed by atoms with Crippen LogP contribution in [0, 0.1) is 12.8 Å². The molecule has 1 aliphatic heterocycles. The third-order valence-corrected chi connectivity index (χ3v) is 3.96. The minimum Gasteiger partial charge on any atom is -0.327 e. The second-order valence-corrected chi connectivity index (χ2v) is 5.12. The zero-order valence-electron chi connectivity index (χ0n) is 10.9. The van der Waals surface area contributed by atoms with E-state index in [0.29, 0.717) is 18.0 Å². The first-order valence-electron chi connectivity index (χ1n) is 6.36. The first kappa shape index (κ1) is 12.5. The number of nitrogens with zero attached hydrogens (tertiary/aromatic N) is 3. The van der Waals surface area contributed by atoms with E-state index >= 15 is 0 Å². The lowest BCUT2D eigenvalue weighted by Gasteiger charge is -2.41. The lowest BCUT2D eigenvalue weighted by molar-refractivity contribution is 0.0897. The Bertz CT molecular complexity index is 379. The van der Waals surface area contributed by atoms with Crippen molar-refractivity contribution in [3.05, 3.63) is 23.8 Å². The number of aromatic nitrogens is 2. The van der Waals surface area contributed by atoms with E-state index in [1.165, 1.54) is 0 Å². The number of likely N-dealkylation sites (tertiary alicyclic amines) is 1. The fraction of sp³-hybridized carbons (Fsp3) is 0.692. The highest BCUT2D eigenvalue weighted by Gasteiger charge is 2.30. The molecule has 0 aliphatic carbocycles. The Morgan fingerprint density at radius 3 is 2.94 bits per heavy atom. The SMILES string of the molecule is Cc1nccc(CN2CCC(N)C(C)C2C)n1. The molecule has 1 aliphatic rings. The number of hydrogen-bond donors (Lipinski definition) is 1. The van der Waals surface area contributed by atoms with Crippen molar-refractivity contribution in [2.45, 2.75) is 45.8 Å². The highest BCUT2D eigenvalue weighted by Crippen LogP contribution is 2.23. The maximum atomic E-state index is 6.10. The van der Waals surface area contributed by atoms with E-state index in [2.05, 4.69) is 28.7 Å². The molecule has 1 aromatic rings. The smallest absolute Gasteiger partial charge is 0.125 e. The summed E-state index contributed by atoms with van der Waals surface area (Å²) in [6.45, 7) is 8.41. The predicted octanol–water partition coefficient (Wildman–Crippen LogP) is 1.34. The van der Waals surface area contributed by atoms with E-state index in [1.54, 1.807) is 0 Å². The molecule has 1 saturated heterocycles. The first-order valence-corrected chi connectivity index (χ1v) is 6.36. The van der Waals surface area contributed by atoms with Gasteiger partial charge in [-0.15, -0.1) is 0 Å². The molecule has 4 nitrogen and oxygen atoms in total. The normalized spacial score (nSPS) is 30.5. The molecule has 1 fully saturated rings. The van der Waals surface area contributed by atoms with E-state index in [4.69, 9.17) is 5.73 Å². The molecule has 17 heavy (non-hydrogen) atoms. The van der Waals surface area contributed by atoms with Gasteiger partial charge in [0, 0.05) is 31.4 Å². The zero-order valence-corrected chi connectivity index (χ0v) is 10.9. The largest absolute Gasteiger partial charge is 0.327 e. The molecule has 3 unspecified atom stereocenters. The van der Waals surface area contributed by atoms with Crippen LogP contribution >= 0.6 is 0 Å². The maximum Gasteiger partial charge on any atom is 0.125 e. The van der Waals surface area contributed by atoms with Gasteiger partial charge < -0.3 is 5.73 Å². The van der Waals surface area contributed by atoms with E-state index < -0.39 is 0 Å². The quantitative estimate of drug-likeness (QED) is 0.839. The summed E-state index contributed by atoms with van der Waals surface area (Å²) in [5, 5.41) is 0. The zero-order chi connectivity index (χ0) is 12.4. The van der Waals surface area contributed by atoms with Crippen molar-refractivity contribution >= 4 is 0 Å². The summed E-state index contributed by atoms with van der Waals surface area (Å²) in [5.74, 6) is 1.39. The third kappa shape index (κ3) is 2.82. The van der Waals surface area contributed by atoms with E-state index in [1.807, 2.05) is 19.2 Å². The van der Waals surface area contributed by atoms with Crippen molar-refractivity contribution in [2.75, 3.05) is 6.54 Å². The van der Waals surface area contributed by atoms with Crippen molar-refractivity contribution in [3.8, 4) is 0 Å². The summed E-state index contributed by atoms with van der Waals surface area (Å²) in [6, 6.07) is 2.86. The summed E-state index contributed by atoms with van der Waals surface area (Å²) >= 11 is 0. The van der Waals surface area contributed by atoms with Gasteiger partial charge in [-0.25, -0.2) is 9.97 Å². The molecule has 4 heteroatoms. The van der Waals surface area contributed by atoms with E-state index in [0.717, 1.165) is 31.0 Å². The van der Waals surface area contributed by atoms with Crippen molar-refractivity contribution in [3.63, 3.8) is 0 Å². The lowest BCUT2D eigenvalue weighted by Crippen LogP contribution is -2.51. The van der Waals surface area contributed by atoms with Crippen LogP contribution in [0.15, 0.2) is 12.3 Å². The molecule has 0 radical (unpaired) electrons. The Morgan fingerprint density at radius 1 is 1.47 bits per heavy atom. The maximum absolute atomic E-state index is 6.10. The molecule has 1 aromatic heterocycles. The topological polar surface area (TPSA) is 55.0 Å². The number of piperidine rings is 1. The predicted molar refractivity (Wildman–Crippen MR) is 68.4 cm³/mol. The van der Waals surface area contributed by atoms with Crippen LogP contribution in [0.3, 0.4) is 0 Å². The van der Waals surface area contributed by atoms with E-state index in [-0.39, 0.29) is 0 Å². The number of aryl methyl sites for hydroxylation is 1. The van der Waals surface area contributed by atoms with Gasteiger partial charge in [-0.2, -0.15) is 0 Å². The van der Waals surface area contributed by atoms with Crippen molar-refractivity contribution < 1.29 is 0 Å². The second kappa shape index (κ2) is 5.10. The lowest BCUT2D eigenvalue weighted by atomic mass is 9.87. The van der Waals surface area contributed by atoms with Crippen LogP contribution in [0.5, 0.6) is 0 Å².